The van der Waals surface area contributed by atoms with E-state index in [1.807, 2.05) is 19.9 Å². The van der Waals surface area contributed by atoms with Crippen LogP contribution in [0.3, 0.4) is 0 Å². The van der Waals surface area contributed by atoms with Gasteiger partial charge in [0.1, 0.15) is 11.0 Å². The van der Waals surface area contributed by atoms with Gasteiger partial charge in [-0.1, -0.05) is 18.5 Å². The van der Waals surface area contributed by atoms with E-state index >= 15 is 0 Å². The minimum Gasteiger partial charge on any atom is -0.394 e. The quantitative estimate of drug-likeness (QED) is 0.791. The van der Waals surface area contributed by atoms with E-state index in [4.69, 9.17) is 16.9 Å². The van der Waals surface area contributed by atoms with Gasteiger partial charge in [0, 0.05) is 0 Å². The summed E-state index contributed by atoms with van der Waals surface area (Å²) in [5, 5.41) is 21.4. The van der Waals surface area contributed by atoms with Gasteiger partial charge in [-0.15, -0.1) is 0 Å². The van der Waals surface area contributed by atoms with Crippen molar-refractivity contribution >= 4 is 17.4 Å². The number of aliphatic hydroxyl groups excluding tert-OH is 1. The standard InChI is InChI=1S/C11H14ClN3O/c1-3-11(2,7-16)15-10-5-8(6-13)4-9(12)14-10/h4-5,16H,3,7H2,1-2H3,(H,14,15). The predicted molar refractivity (Wildman–Crippen MR) is 63.4 cm³/mol. The molecule has 0 spiro atoms. The number of nitriles is 1. The van der Waals surface area contributed by atoms with Gasteiger partial charge in [0.2, 0.25) is 0 Å². The Bertz CT molecular complexity index is 410. The van der Waals surface area contributed by atoms with Crippen LogP contribution in [0.2, 0.25) is 5.15 Å². The third-order valence-corrected chi connectivity index (χ3v) is 2.68. The van der Waals surface area contributed by atoms with Crippen LogP contribution in [0.5, 0.6) is 0 Å². The highest BCUT2D eigenvalue weighted by molar-refractivity contribution is 6.29. The van der Waals surface area contributed by atoms with Crippen molar-refractivity contribution < 1.29 is 5.11 Å². The molecule has 0 amide bonds. The number of halogens is 1. The minimum absolute atomic E-state index is 0.0143. The van der Waals surface area contributed by atoms with E-state index < -0.39 is 5.54 Å². The van der Waals surface area contributed by atoms with Crippen molar-refractivity contribution in [1.82, 2.24) is 4.98 Å². The number of hydrogen-bond donors (Lipinski definition) is 2. The lowest BCUT2D eigenvalue weighted by Gasteiger charge is -2.27. The van der Waals surface area contributed by atoms with Crippen LogP contribution in [0.1, 0.15) is 25.8 Å². The fourth-order valence-corrected chi connectivity index (χ4v) is 1.38. The molecular weight excluding hydrogens is 226 g/mol. The fourth-order valence-electron chi connectivity index (χ4n) is 1.17. The van der Waals surface area contributed by atoms with Crippen molar-refractivity contribution in [3.8, 4) is 6.07 Å². The highest BCUT2D eigenvalue weighted by atomic mass is 35.5. The van der Waals surface area contributed by atoms with Crippen LogP contribution in [0, 0.1) is 11.3 Å². The summed E-state index contributed by atoms with van der Waals surface area (Å²) < 4.78 is 0. The van der Waals surface area contributed by atoms with Crippen LogP contribution in [0.4, 0.5) is 5.82 Å². The first-order valence-corrected chi connectivity index (χ1v) is 5.37. The Kier molecular flexibility index (Phi) is 4.11. The Morgan fingerprint density at radius 1 is 1.62 bits per heavy atom. The number of nitrogens with one attached hydrogen (secondary N) is 1. The van der Waals surface area contributed by atoms with E-state index in [0.717, 1.165) is 6.42 Å². The average Bonchev–Trinajstić information content (AvgIpc) is 2.28. The van der Waals surface area contributed by atoms with Gasteiger partial charge in [0.05, 0.1) is 23.8 Å². The van der Waals surface area contributed by atoms with Crippen molar-refractivity contribution in [2.45, 2.75) is 25.8 Å². The molecule has 0 aromatic carbocycles. The zero-order chi connectivity index (χ0) is 12.2. The summed E-state index contributed by atoms with van der Waals surface area (Å²) in [6, 6.07) is 5.10. The molecule has 16 heavy (non-hydrogen) atoms. The summed E-state index contributed by atoms with van der Waals surface area (Å²) in [6.07, 6.45) is 0.736. The largest absolute Gasteiger partial charge is 0.394 e. The van der Waals surface area contributed by atoms with Crippen LogP contribution >= 0.6 is 11.6 Å². The van der Waals surface area contributed by atoms with Crippen LogP contribution in [0.25, 0.3) is 0 Å². The van der Waals surface area contributed by atoms with Gasteiger partial charge in [0.25, 0.3) is 0 Å². The first kappa shape index (κ1) is 12.8. The van der Waals surface area contributed by atoms with E-state index in [-0.39, 0.29) is 11.8 Å². The monoisotopic (exact) mass is 239 g/mol. The molecule has 2 N–H and O–H groups in total. The highest BCUT2D eigenvalue weighted by Crippen LogP contribution is 2.19. The SMILES string of the molecule is CCC(C)(CO)Nc1cc(C#N)cc(Cl)n1. The van der Waals surface area contributed by atoms with Gasteiger partial charge in [-0.25, -0.2) is 4.98 Å². The van der Waals surface area contributed by atoms with Gasteiger partial charge in [-0.3, -0.25) is 0 Å². The molecular formula is C11H14ClN3O. The molecule has 1 heterocycles. The van der Waals surface area contributed by atoms with E-state index in [1.54, 1.807) is 6.07 Å². The van der Waals surface area contributed by atoms with Crippen molar-refractivity contribution in [1.29, 1.82) is 5.26 Å². The van der Waals surface area contributed by atoms with E-state index in [0.29, 0.717) is 11.4 Å². The Morgan fingerprint density at radius 2 is 2.31 bits per heavy atom. The van der Waals surface area contributed by atoms with E-state index in [2.05, 4.69) is 10.3 Å². The lowest BCUT2D eigenvalue weighted by atomic mass is 10.0. The molecule has 5 heteroatoms. The van der Waals surface area contributed by atoms with Gasteiger partial charge in [0.15, 0.2) is 0 Å². The maximum Gasteiger partial charge on any atom is 0.132 e. The number of nitrogens with zero attached hydrogens (tertiary/aromatic N) is 2. The second kappa shape index (κ2) is 5.15. The molecule has 0 bridgehead atoms. The summed E-state index contributed by atoms with van der Waals surface area (Å²) in [6.45, 7) is 3.82. The number of anilines is 1. The molecule has 1 aromatic heterocycles. The Hall–Kier alpha value is -1.31. The van der Waals surface area contributed by atoms with Crippen molar-refractivity contribution in [3.05, 3.63) is 22.8 Å². The molecule has 0 saturated carbocycles. The normalized spacial score (nSPS) is 13.9. The first-order chi connectivity index (χ1) is 7.53. The van der Waals surface area contributed by atoms with Gasteiger partial charge in [-0.2, -0.15) is 5.26 Å². The van der Waals surface area contributed by atoms with Crippen LogP contribution in [-0.2, 0) is 0 Å². The maximum atomic E-state index is 9.25. The van der Waals surface area contributed by atoms with E-state index in [9.17, 15) is 5.11 Å². The molecule has 1 aromatic rings. The predicted octanol–water partition coefficient (Wildman–Crippen LogP) is 2.18. The second-order valence-electron chi connectivity index (χ2n) is 3.87. The summed E-state index contributed by atoms with van der Waals surface area (Å²) >= 11 is 5.78. The topological polar surface area (TPSA) is 68.9 Å². The van der Waals surface area contributed by atoms with Crippen LogP contribution in [-0.4, -0.2) is 22.2 Å². The molecule has 0 fully saturated rings. The molecule has 86 valence electrons. The molecule has 1 unspecified atom stereocenters. The summed E-state index contributed by atoms with van der Waals surface area (Å²) in [4.78, 5) is 4.05. The molecule has 0 aliphatic rings. The van der Waals surface area contributed by atoms with Crippen LogP contribution < -0.4 is 5.32 Å². The number of pyridine rings is 1. The molecule has 0 aliphatic heterocycles. The van der Waals surface area contributed by atoms with Crippen molar-refractivity contribution in [2.75, 3.05) is 11.9 Å². The van der Waals surface area contributed by atoms with Gasteiger partial charge >= 0.3 is 0 Å². The fraction of sp³-hybridized carbons (Fsp3) is 0.455. The lowest BCUT2D eigenvalue weighted by molar-refractivity contribution is 0.218. The Morgan fingerprint density at radius 3 is 2.81 bits per heavy atom. The third kappa shape index (κ3) is 3.09. The Labute approximate surface area is 99.9 Å². The van der Waals surface area contributed by atoms with Gasteiger partial charge in [-0.05, 0) is 25.5 Å². The Balaban J connectivity index is 2.97. The molecule has 0 saturated heterocycles. The highest BCUT2D eigenvalue weighted by Gasteiger charge is 2.21. The summed E-state index contributed by atoms with van der Waals surface area (Å²) in [7, 11) is 0. The zero-order valence-electron chi connectivity index (χ0n) is 9.29. The second-order valence-corrected chi connectivity index (χ2v) is 4.26. The lowest BCUT2D eigenvalue weighted by Crippen LogP contribution is -2.38. The summed E-state index contributed by atoms with van der Waals surface area (Å²) in [5.41, 5.74) is -0.0105. The minimum atomic E-state index is -0.454. The zero-order valence-corrected chi connectivity index (χ0v) is 10.0. The van der Waals surface area contributed by atoms with Gasteiger partial charge < -0.3 is 10.4 Å². The average molecular weight is 240 g/mol. The number of aliphatic hydroxyl groups is 1. The molecule has 1 rings (SSSR count). The summed E-state index contributed by atoms with van der Waals surface area (Å²) in [5.74, 6) is 0.502. The van der Waals surface area contributed by atoms with Crippen molar-refractivity contribution in [2.24, 2.45) is 0 Å². The smallest absolute Gasteiger partial charge is 0.132 e. The third-order valence-electron chi connectivity index (χ3n) is 2.48. The van der Waals surface area contributed by atoms with Crippen molar-refractivity contribution in [3.63, 3.8) is 0 Å². The molecule has 1 atom stereocenters. The molecule has 0 aliphatic carbocycles. The first-order valence-electron chi connectivity index (χ1n) is 4.99. The number of aromatic nitrogens is 1. The molecule has 0 radical (unpaired) electrons. The number of hydrogen-bond acceptors (Lipinski definition) is 4. The van der Waals surface area contributed by atoms with Crippen LogP contribution in [0.15, 0.2) is 12.1 Å². The number of rotatable bonds is 4. The molecule has 4 nitrogen and oxygen atoms in total. The van der Waals surface area contributed by atoms with E-state index in [1.165, 1.54) is 6.07 Å². The maximum absolute atomic E-state index is 9.25.